The van der Waals surface area contributed by atoms with Gasteiger partial charge in [-0.25, -0.2) is 0 Å². The third kappa shape index (κ3) is 2.16. The summed E-state index contributed by atoms with van der Waals surface area (Å²) in [5, 5.41) is 4.85. The molecular formula is C25H19ClN2O. The Hall–Kier alpha value is -3.04. The molecule has 1 aliphatic heterocycles. The largest absolute Gasteiger partial charge is 0.358 e. The van der Waals surface area contributed by atoms with Crippen LogP contribution in [0.3, 0.4) is 0 Å². The van der Waals surface area contributed by atoms with Crippen molar-refractivity contribution in [2.75, 3.05) is 5.32 Å². The van der Waals surface area contributed by atoms with Crippen LogP contribution in [0.4, 0.5) is 5.69 Å². The quantitative estimate of drug-likeness (QED) is 0.411. The van der Waals surface area contributed by atoms with Crippen LogP contribution in [0.1, 0.15) is 40.3 Å². The fraction of sp³-hybridized carbons (Fsp3) is 0.160. The molecule has 0 unspecified atom stereocenters. The van der Waals surface area contributed by atoms with Crippen molar-refractivity contribution in [1.82, 2.24) is 4.98 Å². The minimum atomic E-state index is -0.704. The van der Waals surface area contributed by atoms with Crippen molar-refractivity contribution in [2.24, 2.45) is 0 Å². The Kier molecular flexibility index (Phi) is 3.34. The molecule has 0 fully saturated rings. The van der Waals surface area contributed by atoms with Crippen LogP contribution < -0.4 is 5.32 Å². The molecule has 2 atom stereocenters. The average molecular weight is 399 g/mol. The summed E-state index contributed by atoms with van der Waals surface area (Å²) < 4.78 is 0. The van der Waals surface area contributed by atoms with Crippen LogP contribution in [0.5, 0.6) is 0 Å². The molecule has 3 nitrogen and oxygen atoms in total. The van der Waals surface area contributed by atoms with Crippen molar-refractivity contribution >= 4 is 34.1 Å². The number of benzene rings is 3. The zero-order valence-corrected chi connectivity index (χ0v) is 16.7. The number of H-pyrrole nitrogens is 1. The van der Waals surface area contributed by atoms with Gasteiger partial charge < -0.3 is 10.3 Å². The van der Waals surface area contributed by atoms with Gasteiger partial charge in [-0.1, -0.05) is 59.6 Å². The lowest BCUT2D eigenvalue weighted by molar-refractivity contribution is -0.119. The van der Waals surface area contributed by atoms with Crippen LogP contribution in [0.2, 0.25) is 5.02 Å². The monoisotopic (exact) mass is 398 g/mol. The molecule has 3 aromatic carbocycles. The first kappa shape index (κ1) is 16.9. The molecule has 2 heterocycles. The second-order valence-electron chi connectivity index (χ2n) is 8.18. The van der Waals surface area contributed by atoms with Gasteiger partial charge in [-0.05, 0) is 48.7 Å². The topological polar surface area (TPSA) is 44.9 Å². The number of rotatable bonds is 1. The lowest BCUT2D eigenvalue weighted by atomic mass is 9.75. The number of hydrogen-bond donors (Lipinski definition) is 2. The maximum atomic E-state index is 13.5. The molecular weight excluding hydrogens is 380 g/mol. The summed E-state index contributed by atoms with van der Waals surface area (Å²) in [5.74, 6) is 0.170. The van der Waals surface area contributed by atoms with Gasteiger partial charge in [0.15, 0.2) is 0 Å². The van der Waals surface area contributed by atoms with Crippen LogP contribution >= 0.6 is 11.6 Å². The van der Waals surface area contributed by atoms with Crippen molar-refractivity contribution in [1.29, 1.82) is 0 Å². The highest BCUT2D eigenvalue weighted by Gasteiger charge is 2.56. The second-order valence-corrected chi connectivity index (χ2v) is 8.61. The van der Waals surface area contributed by atoms with Crippen LogP contribution in [-0.4, -0.2) is 10.9 Å². The number of aryl methyl sites for hydroxylation is 1. The van der Waals surface area contributed by atoms with Crippen LogP contribution in [0, 0.1) is 6.92 Å². The first-order valence-electron chi connectivity index (χ1n) is 9.87. The lowest BCUT2D eigenvalue weighted by Crippen LogP contribution is -2.33. The maximum Gasteiger partial charge on any atom is 0.239 e. The second kappa shape index (κ2) is 5.74. The number of amides is 1. The van der Waals surface area contributed by atoms with E-state index in [1.165, 1.54) is 11.1 Å². The summed E-state index contributed by atoms with van der Waals surface area (Å²) in [6, 6.07) is 22.6. The molecule has 1 aromatic heterocycles. The van der Waals surface area contributed by atoms with Crippen LogP contribution in [0.15, 0.2) is 66.7 Å². The number of para-hydroxylation sites is 1. The van der Waals surface area contributed by atoms with Gasteiger partial charge in [-0.3, -0.25) is 4.79 Å². The first-order valence-corrected chi connectivity index (χ1v) is 10.2. The summed E-state index contributed by atoms with van der Waals surface area (Å²) in [4.78, 5) is 17.1. The smallest absolute Gasteiger partial charge is 0.239 e. The van der Waals surface area contributed by atoms with E-state index in [0.717, 1.165) is 33.4 Å². The number of nitrogens with one attached hydrogen (secondary N) is 2. The molecule has 6 rings (SSSR count). The highest BCUT2D eigenvalue weighted by molar-refractivity contribution is 6.31. The fourth-order valence-corrected chi connectivity index (χ4v) is 5.44. The van der Waals surface area contributed by atoms with Gasteiger partial charge in [0.2, 0.25) is 5.91 Å². The predicted octanol–water partition coefficient (Wildman–Crippen LogP) is 5.90. The molecule has 0 radical (unpaired) electrons. The van der Waals surface area contributed by atoms with E-state index in [4.69, 9.17) is 11.6 Å². The molecule has 142 valence electrons. The van der Waals surface area contributed by atoms with Gasteiger partial charge in [0.05, 0.1) is 0 Å². The van der Waals surface area contributed by atoms with Gasteiger partial charge >= 0.3 is 0 Å². The minimum absolute atomic E-state index is 0.0513. The molecule has 2 N–H and O–H groups in total. The van der Waals surface area contributed by atoms with E-state index in [2.05, 4.69) is 47.6 Å². The molecule has 1 aliphatic carbocycles. The van der Waals surface area contributed by atoms with Gasteiger partial charge in [0.1, 0.15) is 5.41 Å². The Morgan fingerprint density at radius 2 is 1.83 bits per heavy atom. The molecule has 4 heteroatoms. The van der Waals surface area contributed by atoms with E-state index >= 15 is 0 Å². The van der Waals surface area contributed by atoms with E-state index in [0.29, 0.717) is 11.4 Å². The molecule has 4 aromatic rings. The standard InChI is InChI=1S/C25H19ClN2O/c1-14-6-8-15(9-7-14)18-13-25(19-4-2-3-5-21(19)28-24(25)29)22-17-12-16(26)10-11-20(17)27-23(18)22/h2-12,18,27H,13H2,1H3,(H,28,29)/t18-,25+/m1/s1. The number of carbonyl (C=O) groups is 1. The average Bonchev–Trinajstić information content (AvgIpc) is 3.34. The highest BCUT2D eigenvalue weighted by Crippen LogP contribution is 2.58. The number of carbonyl (C=O) groups excluding carboxylic acids is 1. The van der Waals surface area contributed by atoms with Crippen LogP contribution in [-0.2, 0) is 10.2 Å². The summed E-state index contributed by atoms with van der Waals surface area (Å²) in [6.45, 7) is 2.09. The van der Waals surface area contributed by atoms with Crippen molar-refractivity contribution in [3.8, 4) is 0 Å². The van der Waals surface area contributed by atoms with Crippen molar-refractivity contribution in [3.05, 3.63) is 99.7 Å². The number of aromatic nitrogens is 1. The molecule has 0 bridgehead atoms. The summed E-state index contributed by atoms with van der Waals surface area (Å²) in [6.07, 6.45) is 0.711. The number of aromatic amines is 1. The predicted molar refractivity (Wildman–Crippen MR) is 117 cm³/mol. The molecule has 2 aliphatic rings. The fourth-order valence-electron chi connectivity index (χ4n) is 5.27. The summed E-state index contributed by atoms with van der Waals surface area (Å²) >= 11 is 6.37. The molecule has 1 amide bonds. The number of anilines is 1. The number of halogens is 1. The molecule has 1 spiro atoms. The SMILES string of the molecule is Cc1ccc([C@H]2C[C@@]3(C(=O)Nc4ccccc43)c3c2[nH]c2ccc(Cl)cc32)cc1. The Bertz CT molecular complexity index is 1300. The Morgan fingerprint density at radius 3 is 2.66 bits per heavy atom. The Morgan fingerprint density at radius 1 is 1.03 bits per heavy atom. The van der Waals surface area contributed by atoms with Gasteiger partial charge in [-0.15, -0.1) is 0 Å². The van der Waals surface area contributed by atoms with E-state index in [9.17, 15) is 4.79 Å². The first-order chi connectivity index (χ1) is 14.1. The van der Waals surface area contributed by atoms with Gasteiger partial charge in [-0.2, -0.15) is 0 Å². The molecule has 0 saturated carbocycles. The van der Waals surface area contributed by atoms with Crippen molar-refractivity contribution < 1.29 is 4.79 Å². The van der Waals surface area contributed by atoms with Crippen molar-refractivity contribution in [3.63, 3.8) is 0 Å². The van der Waals surface area contributed by atoms with Crippen LogP contribution in [0.25, 0.3) is 10.9 Å². The maximum absolute atomic E-state index is 13.5. The number of fused-ring (bicyclic) bond motifs is 6. The minimum Gasteiger partial charge on any atom is -0.358 e. The lowest BCUT2D eigenvalue weighted by Gasteiger charge is -2.24. The Labute approximate surface area is 173 Å². The third-order valence-electron chi connectivity index (χ3n) is 6.58. The Balaban J connectivity index is 1.69. The summed E-state index contributed by atoms with van der Waals surface area (Å²) in [5.41, 5.74) is 6.93. The van der Waals surface area contributed by atoms with E-state index in [1.807, 2.05) is 36.4 Å². The summed E-state index contributed by atoms with van der Waals surface area (Å²) in [7, 11) is 0. The van der Waals surface area contributed by atoms with Crippen molar-refractivity contribution in [2.45, 2.75) is 24.7 Å². The third-order valence-corrected chi connectivity index (χ3v) is 6.81. The van der Waals surface area contributed by atoms with E-state index in [-0.39, 0.29) is 11.8 Å². The zero-order chi connectivity index (χ0) is 19.8. The highest BCUT2D eigenvalue weighted by atomic mass is 35.5. The van der Waals surface area contributed by atoms with E-state index < -0.39 is 5.41 Å². The van der Waals surface area contributed by atoms with Gasteiger partial charge in [0.25, 0.3) is 0 Å². The zero-order valence-electron chi connectivity index (χ0n) is 15.9. The van der Waals surface area contributed by atoms with Gasteiger partial charge in [0, 0.05) is 38.8 Å². The molecule has 29 heavy (non-hydrogen) atoms. The van der Waals surface area contributed by atoms with E-state index in [1.54, 1.807) is 0 Å². The number of hydrogen-bond acceptors (Lipinski definition) is 1. The normalized spacial score (nSPS) is 22.1. The molecule has 0 saturated heterocycles.